The molecule has 0 aromatic heterocycles. The van der Waals surface area contributed by atoms with E-state index in [1.165, 1.54) is 51.6 Å². The average Bonchev–Trinajstić information content (AvgIpc) is 2.95. The third-order valence-electron chi connectivity index (χ3n) is 6.21. The first-order valence-corrected chi connectivity index (χ1v) is 10.3. The molecule has 0 spiro atoms. The fourth-order valence-electron chi connectivity index (χ4n) is 4.98. The molecular formula is C20H38N2O2. The van der Waals surface area contributed by atoms with E-state index >= 15 is 0 Å². The van der Waals surface area contributed by atoms with Crippen LogP contribution < -0.4 is 0 Å². The highest BCUT2D eigenvalue weighted by atomic mass is 16.5. The Bertz CT molecular complexity index is 369. The maximum atomic E-state index is 6.25. The van der Waals surface area contributed by atoms with Gasteiger partial charge in [-0.3, -0.25) is 9.80 Å². The lowest BCUT2D eigenvalue weighted by Gasteiger charge is -2.38. The molecule has 0 unspecified atom stereocenters. The Labute approximate surface area is 148 Å². The van der Waals surface area contributed by atoms with Crippen molar-refractivity contribution in [1.82, 2.24) is 9.80 Å². The topological polar surface area (TPSA) is 24.9 Å². The smallest absolute Gasteiger partial charge is 0.0678 e. The monoisotopic (exact) mass is 338 g/mol. The molecule has 3 rings (SSSR count). The lowest BCUT2D eigenvalue weighted by atomic mass is 9.88. The predicted molar refractivity (Wildman–Crippen MR) is 98.4 cm³/mol. The molecule has 140 valence electrons. The van der Waals surface area contributed by atoms with Crippen molar-refractivity contribution in [3.05, 3.63) is 0 Å². The van der Waals surface area contributed by atoms with Gasteiger partial charge in [0.15, 0.2) is 0 Å². The summed E-state index contributed by atoms with van der Waals surface area (Å²) < 4.78 is 12.1. The van der Waals surface area contributed by atoms with Crippen LogP contribution in [0.4, 0.5) is 0 Å². The number of likely N-dealkylation sites (tertiary alicyclic amines) is 1. The first-order valence-electron chi connectivity index (χ1n) is 10.3. The summed E-state index contributed by atoms with van der Waals surface area (Å²) in [6.45, 7) is 13.4. The second-order valence-electron chi connectivity index (χ2n) is 8.48. The van der Waals surface area contributed by atoms with Crippen LogP contribution in [0, 0.1) is 5.92 Å². The van der Waals surface area contributed by atoms with E-state index in [0.717, 1.165) is 38.2 Å². The van der Waals surface area contributed by atoms with E-state index in [0.29, 0.717) is 18.3 Å². The Morgan fingerprint density at radius 1 is 0.958 bits per heavy atom. The molecule has 2 heterocycles. The largest absolute Gasteiger partial charge is 0.377 e. The van der Waals surface area contributed by atoms with Crippen LogP contribution in [0.5, 0.6) is 0 Å². The maximum Gasteiger partial charge on any atom is 0.0678 e. The fourth-order valence-corrected chi connectivity index (χ4v) is 4.98. The third kappa shape index (κ3) is 5.17. The van der Waals surface area contributed by atoms with Gasteiger partial charge in [-0.15, -0.1) is 0 Å². The van der Waals surface area contributed by atoms with Crippen molar-refractivity contribution in [2.24, 2.45) is 5.92 Å². The minimum absolute atomic E-state index is 0.375. The van der Waals surface area contributed by atoms with Crippen molar-refractivity contribution < 1.29 is 9.47 Å². The highest BCUT2D eigenvalue weighted by molar-refractivity contribution is 4.84. The van der Waals surface area contributed by atoms with Gasteiger partial charge in [0, 0.05) is 32.2 Å². The molecule has 0 N–H and O–H groups in total. The molecule has 1 aliphatic carbocycles. The molecular weight excluding hydrogens is 300 g/mol. The minimum Gasteiger partial charge on any atom is -0.377 e. The van der Waals surface area contributed by atoms with Gasteiger partial charge in [0.25, 0.3) is 0 Å². The van der Waals surface area contributed by atoms with Gasteiger partial charge >= 0.3 is 0 Å². The van der Waals surface area contributed by atoms with Gasteiger partial charge in [0.05, 0.1) is 24.9 Å². The normalized spacial score (nSPS) is 39.4. The molecule has 3 aliphatic rings. The van der Waals surface area contributed by atoms with Crippen LogP contribution in [0.25, 0.3) is 0 Å². The Balaban J connectivity index is 1.40. The Hall–Kier alpha value is -0.160. The van der Waals surface area contributed by atoms with Gasteiger partial charge in [0.1, 0.15) is 0 Å². The third-order valence-corrected chi connectivity index (χ3v) is 6.21. The Kier molecular flexibility index (Phi) is 6.97. The molecule has 2 saturated heterocycles. The van der Waals surface area contributed by atoms with Crippen molar-refractivity contribution >= 4 is 0 Å². The van der Waals surface area contributed by atoms with Gasteiger partial charge in [-0.25, -0.2) is 0 Å². The number of rotatable bonds is 6. The molecule has 5 atom stereocenters. The lowest BCUT2D eigenvalue weighted by molar-refractivity contribution is -0.0733. The summed E-state index contributed by atoms with van der Waals surface area (Å²) in [5.41, 5.74) is 0. The van der Waals surface area contributed by atoms with E-state index in [9.17, 15) is 0 Å². The zero-order chi connectivity index (χ0) is 16.9. The summed E-state index contributed by atoms with van der Waals surface area (Å²) in [5.74, 6) is 0.754. The summed E-state index contributed by atoms with van der Waals surface area (Å²) in [5, 5.41) is 0. The molecule has 3 fully saturated rings. The summed E-state index contributed by atoms with van der Waals surface area (Å²) in [7, 11) is 0. The zero-order valence-corrected chi connectivity index (χ0v) is 16.1. The average molecular weight is 339 g/mol. The first kappa shape index (κ1) is 18.6. The van der Waals surface area contributed by atoms with E-state index in [1.54, 1.807) is 0 Å². The molecule has 1 saturated carbocycles. The summed E-state index contributed by atoms with van der Waals surface area (Å²) in [6.07, 6.45) is 9.33. The quantitative estimate of drug-likeness (QED) is 0.743. The second kappa shape index (κ2) is 8.98. The van der Waals surface area contributed by atoms with Crippen LogP contribution in [-0.2, 0) is 9.47 Å². The minimum atomic E-state index is 0.375. The van der Waals surface area contributed by atoms with Crippen LogP contribution in [0.15, 0.2) is 0 Å². The van der Waals surface area contributed by atoms with Crippen LogP contribution in [0.2, 0.25) is 0 Å². The molecule has 0 amide bonds. The van der Waals surface area contributed by atoms with Gasteiger partial charge < -0.3 is 9.47 Å². The van der Waals surface area contributed by atoms with Crippen LogP contribution >= 0.6 is 0 Å². The molecule has 4 heteroatoms. The lowest BCUT2D eigenvalue weighted by Crippen LogP contribution is -2.50. The van der Waals surface area contributed by atoms with Crippen LogP contribution in [0.3, 0.4) is 0 Å². The molecule has 4 nitrogen and oxygen atoms in total. The van der Waals surface area contributed by atoms with Crippen LogP contribution in [-0.4, -0.2) is 73.5 Å². The van der Waals surface area contributed by atoms with E-state index in [2.05, 4.69) is 30.6 Å². The van der Waals surface area contributed by atoms with Gasteiger partial charge in [-0.2, -0.15) is 0 Å². The summed E-state index contributed by atoms with van der Waals surface area (Å²) >= 11 is 0. The molecule has 0 aromatic carbocycles. The van der Waals surface area contributed by atoms with Crippen molar-refractivity contribution in [2.75, 3.05) is 39.3 Å². The summed E-state index contributed by atoms with van der Waals surface area (Å²) in [4.78, 5) is 5.30. The molecule has 2 aliphatic heterocycles. The second-order valence-corrected chi connectivity index (χ2v) is 8.48. The van der Waals surface area contributed by atoms with E-state index in [-0.39, 0.29) is 0 Å². The van der Waals surface area contributed by atoms with Crippen molar-refractivity contribution in [2.45, 2.75) is 83.6 Å². The number of hydrogen-bond donors (Lipinski definition) is 0. The Morgan fingerprint density at radius 2 is 1.71 bits per heavy atom. The molecule has 0 bridgehead atoms. The standard InChI is InChI=1S/C20H38N2O2/c1-16-7-4-5-9-20(16)23-12-11-22-10-6-8-19(22)15-21-13-17(2)24-18(3)14-21/h16-20H,4-15H2,1-3H3/t16-,17-,18+,19-,20+/m0/s1. The molecule has 0 aromatic rings. The van der Waals surface area contributed by atoms with E-state index in [1.807, 2.05) is 0 Å². The highest BCUT2D eigenvalue weighted by Crippen LogP contribution is 2.26. The fraction of sp³-hybridized carbons (Fsp3) is 1.00. The zero-order valence-electron chi connectivity index (χ0n) is 16.1. The molecule has 0 radical (unpaired) electrons. The van der Waals surface area contributed by atoms with Crippen LogP contribution in [0.1, 0.15) is 59.3 Å². The SMILES string of the molecule is C[C@@H]1CN(C[C@@H]2CCCN2CCO[C@@H]2CCCC[C@@H]2C)C[C@H](C)O1. The van der Waals surface area contributed by atoms with Crippen molar-refractivity contribution in [3.8, 4) is 0 Å². The number of hydrogen-bond acceptors (Lipinski definition) is 4. The van der Waals surface area contributed by atoms with Gasteiger partial charge in [0.2, 0.25) is 0 Å². The molecule has 24 heavy (non-hydrogen) atoms. The van der Waals surface area contributed by atoms with E-state index < -0.39 is 0 Å². The highest BCUT2D eigenvalue weighted by Gasteiger charge is 2.30. The number of nitrogens with zero attached hydrogens (tertiary/aromatic N) is 2. The first-order chi connectivity index (χ1) is 11.6. The number of ether oxygens (including phenoxy) is 2. The Morgan fingerprint density at radius 3 is 2.46 bits per heavy atom. The maximum absolute atomic E-state index is 6.25. The van der Waals surface area contributed by atoms with E-state index in [4.69, 9.17) is 9.47 Å². The predicted octanol–water partition coefficient (Wildman–Crippen LogP) is 3.16. The van der Waals surface area contributed by atoms with Crippen molar-refractivity contribution in [1.29, 1.82) is 0 Å². The van der Waals surface area contributed by atoms with Gasteiger partial charge in [-0.1, -0.05) is 19.8 Å². The van der Waals surface area contributed by atoms with Gasteiger partial charge in [-0.05, 0) is 52.0 Å². The number of morpholine rings is 1. The van der Waals surface area contributed by atoms with Crippen molar-refractivity contribution in [3.63, 3.8) is 0 Å². The summed E-state index contributed by atoms with van der Waals surface area (Å²) in [6, 6.07) is 0.717.